The van der Waals surface area contributed by atoms with Gasteiger partial charge in [0.15, 0.2) is 0 Å². The highest BCUT2D eigenvalue weighted by Gasteiger charge is 2.31. The third kappa shape index (κ3) is 4.00. The summed E-state index contributed by atoms with van der Waals surface area (Å²) >= 11 is 0. The van der Waals surface area contributed by atoms with Gasteiger partial charge in [0.05, 0.1) is 0 Å². The normalized spacial score (nSPS) is 21.3. The number of rotatable bonds is 5. The summed E-state index contributed by atoms with van der Waals surface area (Å²) in [5, 5.41) is 4.09. The Hall–Kier alpha value is -2.34. The number of H-pyrrole nitrogens is 1. The third-order valence-electron chi connectivity index (χ3n) is 5.60. The van der Waals surface area contributed by atoms with Gasteiger partial charge in [-0.3, -0.25) is 9.59 Å². The van der Waals surface area contributed by atoms with Crippen LogP contribution in [-0.2, 0) is 20.7 Å². The van der Waals surface area contributed by atoms with E-state index in [0.29, 0.717) is 13.0 Å². The molecule has 27 heavy (non-hydrogen) atoms. The maximum Gasteiger partial charge on any atom is 0.249 e. The van der Waals surface area contributed by atoms with Gasteiger partial charge < -0.3 is 19.9 Å². The predicted octanol–water partition coefficient (Wildman–Crippen LogP) is 2.39. The lowest BCUT2D eigenvalue weighted by atomic mass is 10.0. The molecular formula is C21H27N3O3. The molecule has 6 nitrogen and oxygen atoms in total. The molecule has 2 aliphatic heterocycles. The fraction of sp³-hybridized carbons (Fsp3) is 0.524. The number of benzene rings is 1. The first kappa shape index (κ1) is 18.0. The van der Waals surface area contributed by atoms with Gasteiger partial charge in [0, 0.05) is 43.2 Å². The predicted molar refractivity (Wildman–Crippen MR) is 103 cm³/mol. The summed E-state index contributed by atoms with van der Waals surface area (Å²) in [5.74, 6) is -0.144. The first-order valence-electron chi connectivity index (χ1n) is 9.98. The molecule has 6 heteroatoms. The molecule has 2 N–H and O–H groups in total. The number of nitrogens with zero attached hydrogens (tertiary/aromatic N) is 1. The van der Waals surface area contributed by atoms with Crippen molar-refractivity contribution in [2.24, 2.45) is 0 Å². The molecule has 2 amide bonds. The van der Waals surface area contributed by atoms with Crippen LogP contribution in [0.15, 0.2) is 30.5 Å². The van der Waals surface area contributed by atoms with Gasteiger partial charge in [-0.05, 0) is 43.7 Å². The number of carbonyl (C=O) groups excluding carboxylic acids is 2. The lowest BCUT2D eigenvalue weighted by Crippen LogP contribution is -2.52. The first-order valence-corrected chi connectivity index (χ1v) is 9.98. The highest BCUT2D eigenvalue weighted by Crippen LogP contribution is 2.21. The Morgan fingerprint density at radius 2 is 2.00 bits per heavy atom. The maximum atomic E-state index is 13.2. The van der Waals surface area contributed by atoms with Crippen molar-refractivity contribution < 1.29 is 14.3 Å². The summed E-state index contributed by atoms with van der Waals surface area (Å²) < 4.78 is 5.50. The van der Waals surface area contributed by atoms with Crippen LogP contribution in [-0.4, -0.2) is 53.5 Å². The van der Waals surface area contributed by atoms with E-state index in [1.54, 1.807) is 0 Å². The Labute approximate surface area is 159 Å². The van der Waals surface area contributed by atoms with Crippen LogP contribution in [0, 0.1) is 0 Å². The number of hydrogen-bond acceptors (Lipinski definition) is 3. The molecule has 1 aromatic heterocycles. The Morgan fingerprint density at radius 3 is 2.78 bits per heavy atom. The molecule has 2 aliphatic rings. The van der Waals surface area contributed by atoms with Crippen molar-refractivity contribution in [2.75, 3.05) is 19.7 Å². The molecular weight excluding hydrogens is 342 g/mol. The molecule has 0 aliphatic carbocycles. The average Bonchev–Trinajstić information content (AvgIpc) is 3.38. The SMILES string of the molecule is O=C(N[C@H](Cc1c[nH]c2ccccc12)C(=O)N1CCCCC1)C1CCCO1. The Kier molecular flexibility index (Phi) is 5.43. The largest absolute Gasteiger partial charge is 0.368 e. The van der Waals surface area contributed by atoms with Gasteiger partial charge in [0.25, 0.3) is 0 Å². The van der Waals surface area contributed by atoms with Crippen molar-refractivity contribution >= 4 is 22.7 Å². The number of hydrogen-bond donors (Lipinski definition) is 2. The second kappa shape index (κ2) is 8.13. The van der Waals surface area contributed by atoms with E-state index in [1.807, 2.05) is 35.4 Å². The molecule has 2 fully saturated rings. The van der Waals surface area contributed by atoms with E-state index in [4.69, 9.17) is 4.74 Å². The van der Waals surface area contributed by atoms with E-state index in [0.717, 1.165) is 55.2 Å². The summed E-state index contributed by atoms with van der Waals surface area (Å²) in [7, 11) is 0. The van der Waals surface area contributed by atoms with Crippen LogP contribution in [0.4, 0.5) is 0 Å². The van der Waals surface area contributed by atoms with Gasteiger partial charge in [-0.15, -0.1) is 0 Å². The average molecular weight is 369 g/mol. The number of amides is 2. The first-order chi connectivity index (χ1) is 13.2. The molecule has 2 aromatic rings. The minimum Gasteiger partial charge on any atom is -0.368 e. The highest BCUT2D eigenvalue weighted by atomic mass is 16.5. The van der Waals surface area contributed by atoms with Gasteiger partial charge in [0.2, 0.25) is 11.8 Å². The maximum absolute atomic E-state index is 13.2. The van der Waals surface area contributed by atoms with Crippen molar-refractivity contribution in [3.8, 4) is 0 Å². The van der Waals surface area contributed by atoms with Crippen LogP contribution in [0.2, 0.25) is 0 Å². The van der Waals surface area contributed by atoms with E-state index in [2.05, 4.69) is 10.3 Å². The van der Waals surface area contributed by atoms with Crippen LogP contribution in [0.5, 0.6) is 0 Å². The molecule has 0 radical (unpaired) electrons. The number of piperidine rings is 1. The number of ether oxygens (including phenoxy) is 1. The van der Waals surface area contributed by atoms with Crippen LogP contribution >= 0.6 is 0 Å². The summed E-state index contributed by atoms with van der Waals surface area (Å²) in [4.78, 5) is 31.0. The fourth-order valence-corrected chi connectivity index (χ4v) is 4.10. The smallest absolute Gasteiger partial charge is 0.249 e. The number of aromatic nitrogens is 1. The molecule has 2 atom stereocenters. The van der Waals surface area contributed by atoms with Crippen LogP contribution in [0.3, 0.4) is 0 Å². The molecule has 1 unspecified atom stereocenters. The van der Waals surface area contributed by atoms with Crippen molar-refractivity contribution in [3.05, 3.63) is 36.0 Å². The zero-order valence-electron chi connectivity index (χ0n) is 15.6. The topological polar surface area (TPSA) is 74.4 Å². The summed E-state index contributed by atoms with van der Waals surface area (Å²) in [6.07, 6.45) is 6.85. The second-order valence-electron chi connectivity index (χ2n) is 7.51. The number of aromatic amines is 1. The molecule has 3 heterocycles. The Morgan fingerprint density at radius 1 is 1.19 bits per heavy atom. The molecule has 0 spiro atoms. The molecule has 1 aromatic carbocycles. The molecule has 0 saturated carbocycles. The molecule has 2 saturated heterocycles. The van der Waals surface area contributed by atoms with Crippen molar-refractivity contribution in [3.63, 3.8) is 0 Å². The van der Waals surface area contributed by atoms with Crippen molar-refractivity contribution in [1.82, 2.24) is 15.2 Å². The van der Waals surface area contributed by atoms with Crippen molar-refractivity contribution in [2.45, 2.75) is 50.7 Å². The van der Waals surface area contributed by atoms with Gasteiger partial charge in [-0.25, -0.2) is 0 Å². The zero-order chi connectivity index (χ0) is 18.6. The number of carbonyl (C=O) groups is 2. The van der Waals surface area contributed by atoms with E-state index in [-0.39, 0.29) is 11.8 Å². The van der Waals surface area contributed by atoms with E-state index in [9.17, 15) is 9.59 Å². The fourth-order valence-electron chi connectivity index (χ4n) is 4.10. The van der Waals surface area contributed by atoms with Crippen LogP contribution < -0.4 is 5.32 Å². The lowest BCUT2D eigenvalue weighted by molar-refractivity contribution is -0.139. The zero-order valence-corrected chi connectivity index (χ0v) is 15.6. The Balaban J connectivity index is 1.54. The summed E-state index contributed by atoms with van der Waals surface area (Å²) in [5.41, 5.74) is 2.09. The van der Waals surface area contributed by atoms with Crippen LogP contribution in [0.25, 0.3) is 10.9 Å². The third-order valence-corrected chi connectivity index (χ3v) is 5.60. The van der Waals surface area contributed by atoms with E-state index < -0.39 is 12.1 Å². The number of likely N-dealkylation sites (tertiary alicyclic amines) is 1. The van der Waals surface area contributed by atoms with Gasteiger partial charge in [-0.1, -0.05) is 18.2 Å². The van der Waals surface area contributed by atoms with E-state index >= 15 is 0 Å². The van der Waals surface area contributed by atoms with Crippen molar-refractivity contribution in [1.29, 1.82) is 0 Å². The van der Waals surface area contributed by atoms with E-state index in [1.165, 1.54) is 6.42 Å². The second-order valence-corrected chi connectivity index (χ2v) is 7.51. The lowest BCUT2D eigenvalue weighted by Gasteiger charge is -2.31. The quantitative estimate of drug-likeness (QED) is 0.850. The molecule has 0 bridgehead atoms. The molecule has 4 rings (SSSR count). The number of nitrogens with one attached hydrogen (secondary N) is 2. The standard InChI is InChI=1S/C21H27N3O3/c25-20(19-9-6-12-27-19)23-18(21(26)24-10-4-1-5-11-24)13-15-14-22-17-8-3-2-7-16(15)17/h2-3,7-8,14,18-19,22H,1,4-6,9-13H2,(H,23,25)/t18-,19?/m1/s1. The monoisotopic (exact) mass is 369 g/mol. The summed E-state index contributed by atoms with van der Waals surface area (Å²) in [6.45, 7) is 2.17. The highest BCUT2D eigenvalue weighted by molar-refractivity contribution is 5.91. The minimum atomic E-state index is -0.556. The van der Waals surface area contributed by atoms with Crippen LogP contribution in [0.1, 0.15) is 37.7 Å². The minimum absolute atomic E-state index is 0.0197. The van der Waals surface area contributed by atoms with Gasteiger partial charge in [0.1, 0.15) is 12.1 Å². The number of para-hydroxylation sites is 1. The summed E-state index contributed by atoms with van der Waals surface area (Å²) in [6, 6.07) is 7.49. The molecule has 144 valence electrons. The van der Waals surface area contributed by atoms with Gasteiger partial charge >= 0.3 is 0 Å². The Bertz CT molecular complexity index is 804. The number of fused-ring (bicyclic) bond motifs is 1. The van der Waals surface area contributed by atoms with Gasteiger partial charge in [-0.2, -0.15) is 0 Å².